The maximum absolute atomic E-state index is 12.4. The molecule has 2 unspecified atom stereocenters. The molecular formula is C18H27NO6S. The average molecular weight is 385 g/mol. The van der Waals surface area contributed by atoms with Crippen LogP contribution in [0, 0.1) is 5.92 Å². The summed E-state index contributed by atoms with van der Waals surface area (Å²) in [5.74, 6) is 0.286. The fourth-order valence-electron chi connectivity index (χ4n) is 3.39. The molecule has 2 atom stereocenters. The Morgan fingerprint density at radius 3 is 2.58 bits per heavy atom. The number of nitrogens with one attached hydrogen (secondary N) is 1. The molecular weight excluding hydrogens is 358 g/mol. The zero-order chi connectivity index (χ0) is 19.5. The summed E-state index contributed by atoms with van der Waals surface area (Å²) in [6.07, 6.45) is 1.25. The fraction of sp³-hybridized carbons (Fsp3) is 0.611. The van der Waals surface area contributed by atoms with E-state index in [9.17, 15) is 13.2 Å². The third-order valence-electron chi connectivity index (χ3n) is 4.46. The van der Waals surface area contributed by atoms with Crippen LogP contribution in [0.1, 0.15) is 59.1 Å². The van der Waals surface area contributed by atoms with Crippen LogP contribution in [-0.2, 0) is 19.7 Å². The van der Waals surface area contributed by atoms with Crippen LogP contribution in [0.2, 0.25) is 0 Å². The molecule has 0 aromatic heterocycles. The van der Waals surface area contributed by atoms with Gasteiger partial charge in [0.1, 0.15) is 11.4 Å². The van der Waals surface area contributed by atoms with E-state index in [2.05, 4.69) is 9.61 Å². The van der Waals surface area contributed by atoms with Crippen LogP contribution in [0.5, 0.6) is 11.5 Å². The zero-order valence-corrected chi connectivity index (χ0v) is 16.7. The topological polar surface area (TPSA) is 90.9 Å². The van der Waals surface area contributed by atoms with E-state index >= 15 is 0 Å². The van der Waals surface area contributed by atoms with Gasteiger partial charge in [-0.3, -0.25) is 9.78 Å². The molecule has 0 spiro atoms. The van der Waals surface area contributed by atoms with Gasteiger partial charge in [-0.25, -0.2) is 17.9 Å². The minimum absolute atomic E-state index is 0.0557. The van der Waals surface area contributed by atoms with Crippen molar-refractivity contribution in [1.82, 2.24) is 4.72 Å². The standard InChI is InChI=1S/C18H27NO6S/c1-6-10-26(21,22)19-17-14-11-13(25-24-12(3)20)8-9-16(14)23-18(4,5)15(17)7-2/h8-9,11,15,17,19H,6-7,10H2,1-5H3. The Kier molecular flexibility index (Phi) is 6.18. The van der Waals surface area contributed by atoms with E-state index in [4.69, 9.17) is 9.62 Å². The Hall–Kier alpha value is -1.80. The number of benzene rings is 1. The predicted molar refractivity (Wildman–Crippen MR) is 97.3 cm³/mol. The second kappa shape index (κ2) is 7.84. The Balaban J connectivity index is 2.45. The van der Waals surface area contributed by atoms with E-state index in [1.807, 2.05) is 27.7 Å². The van der Waals surface area contributed by atoms with Crippen LogP contribution in [0.3, 0.4) is 0 Å². The van der Waals surface area contributed by atoms with Gasteiger partial charge in [-0.05, 0) is 44.9 Å². The van der Waals surface area contributed by atoms with Crippen molar-refractivity contribution in [3.8, 4) is 11.5 Å². The van der Waals surface area contributed by atoms with Crippen molar-refractivity contribution in [3.63, 3.8) is 0 Å². The Morgan fingerprint density at radius 2 is 2.00 bits per heavy atom. The lowest BCUT2D eigenvalue weighted by molar-refractivity contribution is -0.210. The Bertz CT molecular complexity index is 759. The summed E-state index contributed by atoms with van der Waals surface area (Å²) >= 11 is 0. The number of rotatable bonds is 7. The maximum atomic E-state index is 12.4. The van der Waals surface area contributed by atoms with E-state index in [0.717, 1.165) is 6.42 Å². The van der Waals surface area contributed by atoms with Crippen molar-refractivity contribution in [1.29, 1.82) is 0 Å². The molecule has 0 fully saturated rings. The van der Waals surface area contributed by atoms with Crippen molar-refractivity contribution in [2.24, 2.45) is 5.92 Å². The highest BCUT2D eigenvalue weighted by molar-refractivity contribution is 7.89. The molecule has 8 heteroatoms. The fourth-order valence-corrected chi connectivity index (χ4v) is 4.73. The first-order valence-electron chi connectivity index (χ1n) is 8.77. The van der Waals surface area contributed by atoms with Crippen molar-refractivity contribution >= 4 is 16.0 Å². The molecule has 1 aliphatic rings. The average Bonchev–Trinajstić information content (AvgIpc) is 2.52. The predicted octanol–water partition coefficient (Wildman–Crippen LogP) is 3.11. The second-order valence-corrected chi connectivity index (χ2v) is 8.87. The van der Waals surface area contributed by atoms with Crippen molar-refractivity contribution in [3.05, 3.63) is 23.8 Å². The molecule has 0 saturated carbocycles. The van der Waals surface area contributed by atoms with Gasteiger partial charge in [0.25, 0.3) is 0 Å². The third kappa shape index (κ3) is 4.67. The lowest BCUT2D eigenvalue weighted by Crippen LogP contribution is -2.49. The highest BCUT2D eigenvalue weighted by atomic mass is 32.2. The summed E-state index contributed by atoms with van der Waals surface area (Å²) in [5, 5.41) is 0. The summed E-state index contributed by atoms with van der Waals surface area (Å²) in [4.78, 5) is 20.5. The zero-order valence-electron chi connectivity index (χ0n) is 15.9. The number of carbonyl (C=O) groups is 1. The van der Waals surface area contributed by atoms with Gasteiger partial charge in [0.15, 0.2) is 5.75 Å². The minimum Gasteiger partial charge on any atom is -0.487 e. The summed E-state index contributed by atoms with van der Waals surface area (Å²) in [7, 11) is -3.44. The lowest BCUT2D eigenvalue weighted by atomic mass is 9.77. The van der Waals surface area contributed by atoms with Crippen molar-refractivity contribution in [2.45, 2.75) is 59.1 Å². The molecule has 1 aromatic rings. The first-order chi connectivity index (χ1) is 12.1. The number of hydrogen-bond acceptors (Lipinski definition) is 6. The van der Waals surface area contributed by atoms with Gasteiger partial charge in [-0.2, -0.15) is 0 Å². The molecule has 1 N–H and O–H groups in total. The van der Waals surface area contributed by atoms with Crippen LogP contribution in [-0.4, -0.2) is 25.7 Å². The van der Waals surface area contributed by atoms with Crippen LogP contribution in [0.25, 0.3) is 0 Å². The molecule has 26 heavy (non-hydrogen) atoms. The molecule has 0 radical (unpaired) electrons. The van der Waals surface area contributed by atoms with Gasteiger partial charge in [0.2, 0.25) is 10.0 Å². The highest BCUT2D eigenvalue weighted by Gasteiger charge is 2.44. The first-order valence-corrected chi connectivity index (χ1v) is 10.4. The summed E-state index contributed by atoms with van der Waals surface area (Å²) in [6, 6.07) is 4.50. The first kappa shape index (κ1) is 20.5. The lowest BCUT2D eigenvalue weighted by Gasteiger charge is -2.44. The van der Waals surface area contributed by atoms with E-state index in [0.29, 0.717) is 23.5 Å². The molecule has 0 bridgehead atoms. The molecule has 7 nitrogen and oxygen atoms in total. The van der Waals surface area contributed by atoms with Gasteiger partial charge in [-0.1, -0.05) is 13.8 Å². The SMILES string of the molecule is CCCS(=O)(=O)NC1c2cc(OOC(C)=O)ccc2OC(C)(C)C1CC. The molecule has 146 valence electrons. The second-order valence-electron chi connectivity index (χ2n) is 6.99. The Morgan fingerprint density at radius 1 is 1.31 bits per heavy atom. The van der Waals surface area contributed by atoms with Crippen LogP contribution >= 0.6 is 0 Å². The molecule has 0 saturated heterocycles. The minimum atomic E-state index is -3.44. The van der Waals surface area contributed by atoms with Gasteiger partial charge in [0, 0.05) is 18.4 Å². The molecule has 1 aromatic carbocycles. The molecule has 1 aliphatic heterocycles. The number of sulfonamides is 1. The molecule has 0 amide bonds. The summed E-state index contributed by atoms with van der Waals surface area (Å²) in [5.41, 5.74) is 0.125. The number of carbonyl (C=O) groups excluding carboxylic acids is 1. The number of hydrogen-bond donors (Lipinski definition) is 1. The van der Waals surface area contributed by atoms with E-state index in [1.54, 1.807) is 18.2 Å². The van der Waals surface area contributed by atoms with E-state index in [-0.39, 0.29) is 11.7 Å². The molecule has 1 heterocycles. The highest BCUT2D eigenvalue weighted by Crippen LogP contribution is 2.46. The van der Waals surface area contributed by atoms with Crippen LogP contribution in [0.4, 0.5) is 0 Å². The van der Waals surface area contributed by atoms with Crippen LogP contribution < -0.4 is 14.3 Å². The van der Waals surface area contributed by atoms with Crippen molar-refractivity contribution in [2.75, 3.05) is 5.75 Å². The third-order valence-corrected chi connectivity index (χ3v) is 6.02. The Labute approximate surface area is 155 Å². The van der Waals surface area contributed by atoms with E-state index in [1.165, 1.54) is 6.92 Å². The van der Waals surface area contributed by atoms with Crippen LogP contribution in [0.15, 0.2) is 18.2 Å². The van der Waals surface area contributed by atoms with Gasteiger partial charge in [-0.15, -0.1) is 0 Å². The van der Waals surface area contributed by atoms with Gasteiger partial charge < -0.3 is 4.74 Å². The van der Waals surface area contributed by atoms with E-state index < -0.39 is 27.6 Å². The summed E-state index contributed by atoms with van der Waals surface area (Å²) < 4.78 is 33.8. The maximum Gasteiger partial charge on any atom is 0.352 e. The van der Waals surface area contributed by atoms with Gasteiger partial charge >= 0.3 is 5.97 Å². The smallest absolute Gasteiger partial charge is 0.352 e. The number of ether oxygens (including phenoxy) is 1. The normalized spacial score (nSPS) is 21.4. The largest absolute Gasteiger partial charge is 0.487 e. The summed E-state index contributed by atoms with van der Waals surface area (Å²) in [6.45, 7) is 8.96. The van der Waals surface area contributed by atoms with Gasteiger partial charge in [0.05, 0.1) is 11.8 Å². The quantitative estimate of drug-likeness (QED) is 0.573. The monoisotopic (exact) mass is 385 g/mol. The van der Waals surface area contributed by atoms with Crippen molar-refractivity contribution < 1.29 is 27.7 Å². The molecule has 0 aliphatic carbocycles. The number of fused-ring (bicyclic) bond motifs is 1. The molecule has 2 rings (SSSR count).